The molecule has 0 fully saturated rings. The standard InChI is InChI=1S/C14H12FN3/c1-10(11-3-2-4-12(15)7-11)18-13-5-6-17-14(8-13)9-16/h2-8,10H,1H3,(H,17,18). The predicted octanol–water partition coefficient (Wildman–Crippen LogP) is 3.27. The Morgan fingerprint density at radius 3 is 2.89 bits per heavy atom. The molecule has 0 bridgehead atoms. The van der Waals surface area contributed by atoms with Crippen molar-refractivity contribution >= 4 is 5.69 Å². The molecule has 0 radical (unpaired) electrons. The van der Waals surface area contributed by atoms with Crippen LogP contribution in [0.4, 0.5) is 10.1 Å². The molecule has 18 heavy (non-hydrogen) atoms. The van der Waals surface area contributed by atoms with Crippen molar-refractivity contribution in [2.24, 2.45) is 0 Å². The molecular weight excluding hydrogens is 229 g/mol. The second-order valence-electron chi connectivity index (χ2n) is 3.96. The van der Waals surface area contributed by atoms with Crippen LogP contribution < -0.4 is 5.32 Å². The fraction of sp³-hybridized carbons (Fsp3) is 0.143. The summed E-state index contributed by atoms with van der Waals surface area (Å²) in [4.78, 5) is 3.89. The summed E-state index contributed by atoms with van der Waals surface area (Å²) >= 11 is 0. The number of nitriles is 1. The Hall–Kier alpha value is -2.41. The van der Waals surface area contributed by atoms with E-state index in [0.29, 0.717) is 5.69 Å². The second kappa shape index (κ2) is 5.28. The quantitative estimate of drug-likeness (QED) is 0.897. The summed E-state index contributed by atoms with van der Waals surface area (Å²) in [5, 5.41) is 12.0. The van der Waals surface area contributed by atoms with Gasteiger partial charge < -0.3 is 5.32 Å². The van der Waals surface area contributed by atoms with E-state index in [2.05, 4.69) is 10.3 Å². The van der Waals surface area contributed by atoms with Crippen LogP contribution in [0.1, 0.15) is 24.2 Å². The first-order valence-corrected chi connectivity index (χ1v) is 5.57. The van der Waals surface area contributed by atoms with Gasteiger partial charge in [-0.3, -0.25) is 0 Å². The molecule has 90 valence electrons. The summed E-state index contributed by atoms with van der Waals surface area (Å²) in [6.07, 6.45) is 1.57. The maximum atomic E-state index is 13.1. The first-order valence-electron chi connectivity index (χ1n) is 5.57. The van der Waals surface area contributed by atoms with Gasteiger partial charge in [-0.1, -0.05) is 12.1 Å². The number of pyridine rings is 1. The molecule has 1 N–H and O–H groups in total. The molecule has 3 nitrogen and oxygen atoms in total. The minimum Gasteiger partial charge on any atom is -0.378 e. The molecule has 0 saturated carbocycles. The minimum atomic E-state index is -0.256. The van der Waals surface area contributed by atoms with Gasteiger partial charge in [-0.2, -0.15) is 5.26 Å². The van der Waals surface area contributed by atoms with E-state index in [1.165, 1.54) is 12.1 Å². The van der Waals surface area contributed by atoms with Crippen LogP contribution in [0, 0.1) is 17.1 Å². The fourth-order valence-corrected chi connectivity index (χ4v) is 1.69. The molecule has 1 aromatic carbocycles. The molecule has 0 spiro atoms. The topological polar surface area (TPSA) is 48.7 Å². The van der Waals surface area contributed by atoms with E-state index in [-0.39, 0.29) is 11.9 Å². The lowest BCUT2D eigenvalue weighted by molar-refractivity contribution is 0.623. The fourth-order valence-electron chi connectivity index (χ4n) is 1.69. The van der Waals surface area contributed by atoms with E-state index in [0.717, 1.165) is 11.3 Å². The minimum absolute atomic E-state index is 0.0466. The maximum absolute atomic E-state index is 13.1. The molecule has 1 atom stereocenters. The Kier molecular flexibility index (Phi) is 3.54. The number of rotatable bonds is 3. The highest BCUT2D eigenvalue weighted by Crippen LogP contribution is 2.19. The Bertz CT molecular complexity index is 590. The van der Waals surface area contributed by atoms with Gasteiger partial charge >= 0.3 is 0 Å². The second-order valence-corrected chi connectivity index (χ2v) is 3.96. The van der Waals surface area contributed by atoms with Crippen LogP contribution in [0.5, 0.6) is 0 Å². The number of nitrogens with zero attached hydrogens (tertiary/aromatic N) is 2. The van der Waals surface area contributed by atoms with Crippen LogP contribution in [0.25, 0.3) is 0 Å². The van der Waals surface area contributed by atoms with Gasteiger partial charge in [0.05, 0.1) is 0 Å². The zero-order valence-electron chi connectivity index (χ0n) is 9.89. The Morgan fingerprint density at radius 2 is 2.17 bits per heavy atom. The molecule has 1 aromatic heterocycles. The lowest BCUT2D eigenvalue weighted by Crippen LogP contribution is -2.07. The molecule has 4 heteroatoms. The molecule has 1 heterocycles. The van der Waals surface area contributed by atoms with Crippen LogP contribution in [-0.2, 0) is 0 Å². The summed E-state index contributed by atoms with van der Waals surface area (Å²) in [6.45, 7) is 1.93. The van der Waals surface area contributed by atoms with Gasteiger partial charge in [-0.25, -0.2) is 9.37 Å². The van der Waals surface area contributed by atoms with Gasteiger partial charge in [0.1, 0.15) is 17.6 Å². The van der Waals surface area contributed by atoms with Crippen LogP contribution in [0.15, 0.2) is 42.6 Å². The predicted molar refractivity (Wildman–Crippen MR) is 67.4 cm³/mol. The van der Waals surface area contributed by atoms with Crippen molar-refractivity contribution in [3.05, 3.63) is 59.7 Å². The van der Waals surface area contributed by atoms with Crippen LogP contribution in [0.3, 0.4) is 0 Å². The molecular formula is C14H12FN3. The summed E-state index contributed by atoms with van der Waals surface area (Å²) in [7, 11) is 0. The van der Waals surface area contributed by atoms with Crippen molar-refractivity contribution in [1.29, 1.82) is 5.26 Å². The van der Waals surface area contributed by atoms with Crippen LogP contribution in [0.2, 0.25) is 0 Å². The Balaban J connectivity index is 2.16. The largest absolute Gasteiger partial charge is 0.378 e. The zero-order chi connectivity index (χ0) is 13.0. The number of anilines is 1. The Morgan fingerprint density at radius 1 is 1.33 bits per heavy atom. The van der Waals surface area contributed by atoms with Crippen molar-refractivity contribution in [3.63, 3.8) is 0 Å². The molecule has 2 aromatic rings. The van der Waals surface area contributed by atoms with Gasteiger partial charge in [0, 0.05) is 17.9 Å². The first-order chi connectivity index (χ1) is 8.69. The molecule has 1 unspecified atom stereocenters. The third kappa shape index (κ3) is 2.83. The van der Waals surface area contributed by atoms with Crippen molar-refractivity contribution in [2.75, 3.05) is 5.32 Å². The molecule has 0 saturated heterocycles. The SMILES string of the molecule is CC(Nc1ccnc(C#N)c1)c1cccc(F)c1. The monoisotopic (exact) mass is 241 g/mol. The average Bonchev–Trinajstić information content (AvgIpc) is 2.39. The molecule has 0 aliphatic rings. The zero-order valence-corrected chi connectivity index (χ0v) is 9.89. The normalized spacial score (nSPS) is 11.6. The van der Waals surface area contributed by atoms with Crippen molar-refractivity contribution < 1.29 is 4.39 Å². The van der Waals surface area contributed by atoms with Gasteiger partial charge in [0.15, 0.2) is 0 Å². The smallest absolute Gasteiger partial charge is 0.142 e. The van der Waals surface area contributed by atoms with E-state index in [9.17, 15) is 4.39 Å². The molecule has 0 aliphatic heterocycles. The highest BCUT2D eigenvalue weighted by atomic mass is 19.1. The van der Waals surface area contributed by atoms with Crippen LogP contribution in [-0.4, -0.2) is 4.98 Å². The lowest BCUT2D eigenvalue weighted by atomic mass is 10.1. The number of nitrogens with one attached hydrogen (secondary N) is 1. The van der Waals surface area contributed by atoms with E-state index in [1.807, 2.05) is 19.1 Å². The molecule has 0 amide bonds. The Labute approximate surface area is 105 Å². The third-order valence-electron chi connectivity index (χ3n) is 2.61. The van der Waals surface area contributed by atoms with Crippen molar-refractivity contribution in [1.82, 2.24) is 4.98 Å². The first kappa shape index (κ1) is 12.1. The van der Waals surface area contributed by atoms with Gasteiger partial charge in [0.2, 0.25) is 0 Å². The number of aromatic nitrogens is 1. The summed E-state index contributed by atoms with van der Waals surface area (Å²) in [5.74, 6) is -0.256. The maximum Gasteiger partial charge on any atom is 0.142 e. The summed E-state index contributed by atoms with van der Waals surface area (Å²) < 4.78 is 13.1. The van der Waals surface area contributed by atoms with Gasteiger partial charge in [-0.15, -0.1) is 0 Å². The van der Waals surface area contributed by atoms with E-state index in [4.69, 9.17) is 5.26 Å². The molecule has 2 rings (SSSR count). The number of benzene rings is 1. The summed E-state index contributed by atoms with van der Waals surface area (Å²) in [6, 6.07) is 11.8. The number of halogens is 1. The third-order valence-corrected chi connectivity index (χ3v) is 2.61. The lowest BCUT2D eigenvalue weighted by Gasteiger charge is -2.15. The number of hydrogen-bond donors (Lipinski definition) is 1. The summed E-state index contributed by atoms with van der Waals surface area (Å²) in [5.41, 5.74) is 2.00. The van der Waals surface area contributed by atoms with Crippen molar-refractivity contribution in [2.45, 2.75) is 13.0 Å². The van der Waals surface area contributed by atoms with Gasteiger partial charge in [-0.05, 0) is 36.8 Å². The number of hydrogen-bond acceptors (Lipinski definition) is 3. The van der Waals surface area contributed by atoms with Crippen molar-refractivity contribution in [3.8, 4) is 6.07 Å². The van der Waals surface area contributed by atoms with Crippen LogP contribution >= 0.6 is 0 Å². The molecule has 0 aliphatic carbocycles. The highest BCUT2D eigenvalue weighted by Gasteiger charge is 2.06. The van der Waals surface area contributed by atoms with E-state index >= 15 is 0 Å². The van der Waals surface area contributed by atoms with Gasteiger partial charge in [0.25, 0.3) is 0 Å². The van der Waals surface area contributed by atoms with E-state index < -0.39 is 0 Å². The highest BCUT2D eigenvalue weighted by molar-refractivity contribution is 5.47. The average molecular weight is 241 g/mol. The van der Waals surface area contributed by atoms with E-state index in [1.54, 1.807) is 24.4 Å².